The van der Waals surface area contributed by atoms with Crippen molar-refractivity contribution in [2.45, 2.75) is 20.5 Å². The van der Waals surface area contributed by atoms with Crippen LogP contribution in [0, 0.1) is 25.2 Å². The van der Waals surface area contributed by atoms with E-state index in [1.54, 1.807) is 6.20 Å². The lowest BCUT2D eigenvalue weighted by atomic mass is 10.0. The maximum absolute atomic E-state index is 11.5. The van der Waals surface area contributed by atoms with Gasteiger partial charge < -0.3 is 9.47 Å². The molecule has 0 saturated carbocycles. The third kappa shape index (κ3) is 4.20. The largest absolute Gasteiger partial charge is 0.487 e. The fourth-order valence-corrected chi connectivity index (χ4v) is 2.34. The van der Waals surface area contributed by atoms with Gasteiger partial charge >= 0.3 is 5.97 Å². The SMILES string of the molecule is COC(=O)/C(C#N)=C/c1cc(C)c(OCc2ccccn2)c(C)c1. The third-order valence-electron chi connectivity index (χ3n) is 3.41. The quantitative estimate of drug-likeness (QED) is 0.479. The molecule has 1 aromatic heterocycles. The van der Waals surface area contributed by atoms with Crippen molar-refractivity contribution in [3.8, 4) is 11.8 Å². The van der Waals surface area contributed by atoms with E-state index in [1.807, 2.05) is 50.2 Å². The Bertz CT molecular complexity index is 782. The molecule has 0 aliphatic heterocycles. The van der Waals surface area contributed by atoms with Crippen molar-refractivity contribution in [1.82, 2.24) is 4.98 Å². The fourth-order valence-electron chi connectivity index (χ4n) is 2.34. The first-order chi connectivity index (χ1) is 11.5. The third-order valence-corrected chi connectivity index (χ3v) is 3.41. The topological polar surface area (TPSA) is 72.2 Å². The van der Waals surface area contributed by atoms with Gasteiger partial charge in [-0.25, -0.2) is 4.79 Å². The standard InChI is InChI=1S/C19H18N2O3/c1-13-8-15(10-16(11-20)19(22)23-3)9-14(2)18(13)24-12-17-6-4-5-7-21-17/h4-10H,12H2,1-3H3/b16-10+. The number of aryl methyl sites for hydroxylation is 2. The summed E-state index contributed by atoms with van der Waals surface area (Å²) in [5.74, 6) is 0.123. The molecule has 5 heteroatoms. The number of ether oxygens (including phenoxy) is 2. The fraction of sp³-hybridized carbons (Fsp3) is 0.211. The summed E-state index contributed by atoms with van der Waals surface area (Å²) >= 11 is 0. The highest BCUT2D eigenvalue weighted by Gasteiger charge is 2.11. The number of pyridine rings is 1. The number of rotatable bonds is 5. The Morgan fingerprint density at radius 1 is 1.29 bits per heavy atom. The van der Waals surface area contributed by atoms with Crippen LogP contribution in [0.2, 0.25) is 0 Å². The van der Waals surface area contributed by atoms with Crippen molar-refractivity contribution in [2.75, 3.05) is 7.11 Å². The number of benzene rings is 1. The number of nitrogens with zero attached hydrogens (tertiary/aromatic N) is 2. The Morgan fingerprint density at radius 3 is 2.54 bits per heavy atom. The van der Waals surface area contributed by atoms with Gasteiger partial charge in [0.05, 0.1) is 12.8 Å². The van der Waals surface area contributed by atoms with Crippen molar-refractivity contribution in [2.24, 2.45) is 0 Å². The molecular weight excluding hydrogens is 304 g/mol. The van der Waals surface area contributed by atoms with Crippen LogP contribution in [0.3, 0.4) is 0 Å². The molecule has 0 atom stereocenters. The molecule has 0 N–H and O–H groups in total. The van der Waals surface area contributed by atoms with Crippen LogP contribution in [-0.4, -0.2) is 18.1 Å². The molecule has 1 heterocycles. The molecule has 0 unspecified atom stereocenters. The van der Waals surface area contributed by atoms with Crippen LogP contribution in [0.1, 0.15) is 22.4 Å². The van der Waals surface area contributed by atoms with Crippen LogP contribution in [0.4, 0.5) is 0 Å². The Morgan fingerprint density at radius 2 is 2.00 bits per heavy atom. The minimum Gasteiger partial charge on any atom is -0.487 e. The van der Waals surface area contributed by atoms with Crippen LogP contribution in [0.25, 0.3) is 6.08 Å². The molecule has 0 bridgehead atoms. The van der Waals surface area contributed by atoms with Gasteiger partial charge in [-0.3, -0.25) is 4.98 Å². The molecule has 122 valence electrons. The molecule has 0 aliphatic carbocycles. The van der Waals surface area contributed by atoms with E-state index in [1.165, 1.54) is 13.2 Å². The number of carbonyl (C=O) groups excluding carboxylic acids is 1. The first kappa shape index (κ1) is 17.2. The molecule has 0 amide bonds. The van der Waals surface area contributed by atoms with Crippen LogP contribution >= 0.6 is 0 Å². The van der Waals surface area contributed by atoms with Gasteiger partial charge in [0.25, 0.3) is 0 Å². The average molecular weight is 322 g/mol. The average Bonchev–Trinajstić information content (AvgIpc) is 2.59. The van der Waals surface area contributed by atoms with Gasteiger partial charge in [-0.2, -0.15) is 5.26 Å². The Kier molecular flexibility index (Phi) is 5.69. The zero-order valence-electron chi connectivity index (χ0n) is 13.9. The zero-order valence-corrected chi connectivity index (χ0v) is 13.9. The molecule has 0 saturated heterocycles. The summed E-state index contributed by atoms with van der Waals surface area (Å²) in [5.41, 5.74) is 3.38. The maximum Gasteiger partial charge on any atom is 0.348 e. The first-order valence-electron chi connectivity index (χ1n) is 7.39. The van der Waals surface area contributed by atoms with Crippen LogP contribution in [-0.2, 0) is 16.1 Å². The normalized spacial score (nSPS) is 10.8. The summed E-state index contributed by atoms with van der Waals surface area (Å²) in [6.45, 7) is 4.22. The number of carbonyl (C=O) groups is 1. The molecule has 0 radical (unpaired) electrons. The van der Waals surface area contributed by atoms with Crippen molar-refractivity contribution in [1.29, 1.82) is 5.26 Å². The second kappa shape index (κ2) is 7.93. The van der Waals surface area contributed by atoms with Gasteiger partial charge in [0.15, 0.2) is 0 Å². The molecule has 0 aliphatic rings. The second-order valence-corrected chi connectivity index (χ2v) is 5.25. The van der Waals surface area contributed by atoms with E-state index in [2.05, 4.69) is 9.72 Å². The lowest BCUT2D eigenvalue weighted by Gasteiger charge is -2.13. The number of aromatic nitrogens is 1. The monoisotopic (exact) mass is 322 g/mol. The molecule has 2 rings (SSSR count). The van der Waals surface area contributed by atoms with Gasteiger partial charge in [-0.15, -0.1) is 0 Å². The van der Waals surface area contributed by atoms with E-state index in [9.17, 15) is 4.79 Å². The predicted octanol–water partition coefficient (Wildman–Crippen LogP) is 3.36. The minimum atomic E-state index is -0.650. The van der Waals surface area contributed by atoms with E-state index in [4.69, 9.17) is 10.00 Å². The van der Waals surface area contributed by atoms with Crippen LogP contribution < -0.4 is 4.74 Å². The highest BCUT2D eigenvalue weighted by molar-refractivity contribution is 5.97. The molecule has 0 spiro atoms. The molecule has 5 nitrogen and oxygen atoms in total. The summed E-state index contributed by atoms with van der Waals surface area (Å²) in [6.07, 6.45) is 3.23. The van der Waals surface area contributed by atoms with E-state index >= 15 is 0 Å². The van der Waals surface area contributed by atoms with Crippen molar-refractivity contribution >= 4 is 12.0 Å². The van der Waals surface area contributed by atoms with Crippen molar-refractivity contribution < 1.29 is 14.3 Å². The molecule has 2 aromatic rings. The highest BCUT2D eigenvalue weighted by Crippen LogP contribution is 2.26. The lowest BCUT2D eigenvalue weighted by molar-refractivity contribution is -0.135. The molecular formula is C19H18N2O3. The molecule has 0 fully saturated rings. The Balaban J connectivity index is 2.24. The number of hydrogen-bond acceptors (Lipinski definition) is 5. The Hall–Kier alpha value is -3.13. The number of nitriles is 1. The van der Waals surface area contributed by atoms with Crippen molar-refractivity contribution in [3.05, 3.63) is 64.5 Å². The van der Waals surface area contributed by atoms with Crippen LogP contribution in [0.15, 0.2) is 42.1 Å². The van der Waals surface area contributed by atoms with E-state index in [0.29, 0.717) is 6.61 Å². The van der Waals surface area contributed by atoms with Crippen LogP contribution in [0.5, 0.6) is 5.75 Å². The number of esters is 1. The Labute approximate surface area is 141 Å². The predicted molar refractivity (Wildman–Crippen MR) is 90.1 cm³/mol. The minimum absolute atomic E-state index is 0.0431. The summed E-state index contributed by atoms with van der Waals surface area (Å²) < 4.78 is 10.5. The van der Waals surface area contributed by atoms with E-state index < -0.39 is 5.97 Å². The van der Waals surface area contributed by atoms with E-state index in [-0.39, 0.29) is 5.57 Å². The summed E-state index contributed by atoms with van der Waals surface area (Å²) in [5, 5.41) is 9.04. The smallest absolute Gasteiger partial charge is 0.348 e. The molecule has 1 aromatic carbocycles. The second-order valence-electron chi connectivity index (χ2n) is 5.25. The van der Waals surface area contributed by atoms with Gasteiger partial charge in [-0.05, 0) is 60.9 Å². The maximum atomic E-state index is 11.5. The van der Waals surface area contributed by atoms with E-state index in [0.717, 1.165) is 28.1 Å². The summed E-state index contributed by atoms with van der Waals surface area (Å²) in [4.78, 5) is 15.7. The van der Waals surface area contributed by atoms with Gasteiger partial charge in [0.1, 0.15) is 24.0 Å². The van der Waals surface area contributed by atoms with Gasteiger partial charge in [0, 0.05) is 6.20 Å². The number of hydrogen-bond donors (Lipinski definition) is 0. The van der Waals surface area contributed by atoms with Crippen molar-refractivity contribution in [3.63, 3.8) is 0 Å². The zero-order chi connectivity index (χ0) is 17.5. The highest BCUT2D eigenvalue weighted by atomic mass is 16.5. The first-order valence-corrected chi connectivity index (χ1v) is 7.39. The lowest BCUT2D eigenvalue weighted by Crippen LogP contribution is -2.03. The summed E-state index contributed by atoms with van der Waals surface area (Å²) in [6, 6.07) is 11.2. The molecule has 24 heavy (non-hydrogen) atoms. The number of methoxy groups -OCH3 is 1. The van der Waals surface area contributed by atoms with Gasteiger partial charge in [0.2, 0.25) is 0 Å². The summed E-state index contributed by atoms with van der Waals surface area (Å²) in [7, 11) is 1.25. The van der Waals surface area contributed by atoms with Gasteiger partial charge in [-0.1, -0.05) is 6.07 Å².